The molecule has 1 aromatic carbocycles. The summed E-state index contributed by atoms with van der Waals surface area (Å²) in [5.74, 6) is 1.98. The fourth-order valence-electron chi connectivity index (χ4n) is 2.28. The number of hydrogen-bond acceptors (Lipinski definition) is 5. The van der Waals surface area contributed by atoms with Crippen LogP contribution in [-0.4, -0.2) is 35.4 Å². The van der Waals surface area contributed by atoms with E-state index in [1.165, 1.54) is 0 Å². The highest BCUT2D eigenvalue weighted by molar-refractivity contribution is 5.74. The molecule has 0 aliphatic heterocycles. The quantitative estimate of drug-likeness (QED) is 0.812. The number of amides is 2. The zero-order valence-corrected chi connectivity index (χ0v) is 14.5. The maximum atomic E-state index is 11.8. The molecule has 0 unspecified atom stereocenters. The topological polar surface area (TPSA) is 89.3 Å². The van der Waals surface area contributed by atoms with Crippen molar-refractivity contribution in [3.63, 3.8) is 0 Å². The normalized spacial score (nSPS) is 11.8. The van der Waals surface area contributed by atoms with Crippen LogP contribution in [0.15, 0.2) is 22.7 Å². The van der Waals surface area contributed by atoms with Gasteiger partial charge in [-0.1, -0.05) is 23.4 Å². The first kappa shape index (κ1) is 17.8. The molecule has 0 saturated heterocycles. The Bertz CT molecular complexity index is 664. The van der Waals surface area contributed by atoms with E-state index in [0.29, 0.717) is 31.3 Å². The third kappa shape index (κ3) is 5.26. The zero-order valence-electron chi connectivity index (χ0n) is 14.5. The van der Waals surface area contributed by atoms with E-state index in [4.69, 9.17) is 9.26 Å². The van der Waals surface area contributed by atoms with Crippen LogP contribution in [0.25, 0.3) is 0 Å². The highest BCUT2D eigenvalue weighted by Gasteiger charge is 2.10. The summed E-state index contributed by atoms with van der Waals surface area (Å²) < 4.78 is 10.8. The second kappa shape index (κ2) is 8.33. The van der Waals surface area contributed by atoms with E-state index < -0.39 is 0 Å². The molecule has 0 spiro atoms. The molecule has 130 valence electrons. The van der Waals surface area contributed by atoms with Crippen molar-refractivity contribution in [2.45, 2.75) is 40.2 Å². The number of ether oxygens (including phenoxy) is 1. The van der Waals surface area contributed by atoms with E-state index in [1.807, 2.05) is 39.0 Å². The third-order valence-electron chi connectivity index (χ3n) is 3.46. The molecule has 1 heterocycles. The minimum Gasteiger partial charge on any atom is -0.491 e. The summed E-state index contributed by atoms with van der Waals surface area (Å²) in [4.78, 5) is 15.9. The van der Waals surface area contributed by atoms with Crippen molar-refractivity contribution in [2.24, 2.45) is 0 Å². The number of carbonyl (C=O) groups excluding carboxylic acids is 1. The van der Waals surface area contributed by atoms with E-state index in [2.05, 4.69) is 20.8 Å². The van der Waals surface area contributed by atoms with Gasteiger partial charge in [0.05, 0.1) is 6.04 Å². The largest absolute Gasteiger partial charge is 0.491 e. The van der Waals surface area contributed by atoms with Crippen LogP contribution in [-0.2, 0) is 6.42 Å². The minimum absolute atomic E-state index is 0.116. The van der Waals surface area contributed by atoms with Gasteiger partial charge in [0.2, 0.25) is 5.89 Å². The standard InChI is InChI=1S/C17H24N4O3/c1-11-6-5-7-12(2)16(11)23-10-13(3)19-17(22)18-9-8-15-20-14(4)21-24-15/h5-7,13H,8-10H2,1-4H3,(H2,18,19,22)/t13-/m0/s1. The highest BCUT2D eigenvalue weighted by Crippen LogP contribution is 2.22. The predicted octanol–water partition coefficient (Wildman–Crippen LogP) is 2.30. The Morgan fingerprint density at radius 3 is 2.62 bits per heavy atom. The number of para-hydroxylation sites is 1. The summed E-state index contributed by atoms with van der Waals surface area (Å²) in [6.07, 6.45) is 0.502. The summed E-state index contributed by atoms with van der Waals surface area (Å²) in [5.41, 5.74) is 2.17. The predicted molar refractivity (Wildman–Crippen MR) is 90.1 cm³/mol. The molecule has 2 amide bonds. The van der Waals surface area contributed by atoms with Gasteiger partial charge < -0.3 is 19.9 Å². The Balaban J connectivity index is 1.69. The van der Waals surface area contributed by atoms with Crippen LogP contribution in [0, 0.1) is 20.8 Å². The second-order valence-electron chi connectivity index (χ2n) is 5.82. The van der Waals surface area contributed by atoms with Crippen LogP contribution in [0.2, 0.25) is 0 Å². The number of carbonyl (C=O) groups is 1. The average molecular weight is 332 g/mol. The molecule has 0 aliphatic carbocycles. The van der Waals surface area contributed by atoms with Gasteiger partial charge in [0.15, 0.2) is 5.82 Å². The third-order valence-corrected chi connectivity index (χ3v) is 3.46. The number of aromatic nitrogens is 2. The smallest absolute Gasteiger partial charge is 0.315 e. The molecule has 0 bridgehead atoms. The van der Waals surface area contributed by atoms with Crippen molar-refractivity contribution in [1.82, 2.24) is 20.8 Å². The van der Waals surface area contributed by atoms with Crippen LogP contribution in [0.3, 0.4) is 0 Å². The molecule has 7 nitrogen and oxygen atoms in total. The maximum Gasteiger partial charge on any atom is 0.315 e. The maximum absolute atomic E-state index is 11.8. The SMILES string of the molecule is Cc1noc(CCNC(=O)N[C@@H](C)COc2c(C)cccc2C)n1. The number of hydrogen-bond donors (Lipinski definition) is 2. The first-order valence-electron chi connectivity index (χ1n) is 7.98. The lowest BCUT2D eigenvalue weighted by molar-refractivity contribution is 0.226. The first-order chi connectivity index (χ1) is 11.5. The van der Waals surface area contributed by atoms with Gasteiger partial charge in [0.25, 0.3) is 0 Å². The molecule has 1 aromatic heterocycles. The Morgan fingerprint density at radius 2 is 2.00 bits per heavy atom. The van der Waals surface area contributed by atoms with Crippen molar-refractivity contribution >= 4 is 6.03 Å². The zero-order chi connectivity index (χ0) is 17.5. The lowest BCUT2D eigenvalue weighted by Crippen LogP contribution is -2.43. The van der Waals surface area contributed by atoms with Gasteiger partial charge in [-0.05, 0) is 38.8 Å². The molecular weight excluding hydrogens is 308 g/mol. The van der Waals surface area contributed by atoms with Crippen LogP contribution < -0.4 is 15.4 Å². The van der Waals surface area contributed by atoms with Crippen LogP contribution >= 0.6 is 0 Å². The van der Waals surface area contributed by atoms with Gasteiger partial charge in [-0.15, -0.1) is 0 Å². The van der Waals surface area contributed by atoms with Gasteiger partial charge in [-0.2, -0.15) is 4.98 Å². The number of aryl methyl sites for hydroxylation is 3. The van der Waals surface area contributed by atoms with Gasteiger partial charge in [0, 0.05) is 13.0 Å². The van der Waals surface area contributed by atoms with Gasteiger partial charge in [-0.25, -0.2) is 4.79 Å². The number of rotatable bonds is 7. The number of benzene rings is 1. The Labute approximate surface area is 141 Å². The Morgan fingerprint density at radius 1 is 1.29 bits per heavy atom. The molecule has 24 heavy (non-hydrogen) atoms. The van der Waals surface area contributed by atoms with Crippen molar-refractivity contribution in [3.05, 3.63) is 41.0 Å². The molecule has 2 aromatic rings. The molecule has 2 N–H and O–H groups in total. The summed E-state index contributed by atoms with van der Waals surface area (Å²) in [5, 5.41) is 9.30. The van der Waals surface area contributed by atoms with E-state index in [1.54, 1.807) is 6.92 Å². The molecular formula is C17H24N4O3. The van der Waals surface area contributed by atoms with Crippen molar-refractivity contribution in [1.29, 1.82) is 0 Å². The van der Waals surface area contributed by atoms with Gasteiger partial charge >= 0.3 is 6.03 Å². The van der Waals surface area contributed by atoms with Crippen LogP contribution in [0.5, 0.6) is 5.75 Å². The molecule has 0 aliphatic rings. The lowest BCUT2D eigenvalue weighted by Gasteiger charge is -2.17. The Hall–Kier alpha value is -2.57. The molecule has 7 heteroatoms. The van der Waals surface area contributed by atoms with Crippen molar-refractivity contribution in [3.8, 4) is 5.75 Å². The monoisotopic (exact) mass is 332 g/mol. The summed E-state index contributed by atoms with van der Waals surface area (Å²) in [6.45, 7) is 8.50. The van der Waals surface area contributed by atoms with E-state index in [9.17, 15) is 4.79 Å². The van der Waals surface area contributed by atoms with E-state index >= 15 is 0 Å². The highest BCUT2D eigenvalue weighted by atomic mass is 16.5. The fourth-order valence-corrected chi connectivity index (χ4v) is 2.28. The summed E-state index contributed by atoms with van der Waals surface area (Å²) in [7, 11) is 0. The molecule has 2 rings (SSSR count). The summed E-state index contributed by atoms with van der Waals surface area (Å²) >= 11 is 0. The average Bonchev–Trinajstić information content (AvgIpc) is 2.92. The second-order valence-corrected chi connectivity index (χ2v) is 5.82. The van der Waals surface area contributed by atoms with E-state index in [0.717, 1.165) is 16.9 Å². The number of nitrogens with zero attached hydrogens (tertiary/aromatic N) is 2. The first-order valence-corrected chi connectivity index (χ1v) is 7.98. The summed E-state index contributed by atoms with van der Waals surface area (Å²) in [6, 6.07) is 5.65. The van der Waals surface area contributed by atoms with Crippen molar-refractivity contribution in [2.75, 3.05) is 13.2 Å². The van der Waals surface area contributed by atoms with Gasteiger partial charge in [-0.3, -0.25) is 0 Å². The van der Waals surface area contributed by atoms with Crippen molar-refractivity contribution < 1.29 is 14.1 Å². The lowest BCUT2D eigenvalue weighted by atomic mass is 10.1. The molecule has 0 radical (unpaired) electrons. The Kier molecular flexibility index (Phi) is 6.17. The number of nitrogens with one attached hydrogen (secondary N) is 2. The number of urea groups is 1. The molecule has 0 fully saturated rings. The molecule has 0 saturated carbocycles. The fraction of sp³-hybridized carbons (Fsp3) is 0.471. The van der Waals surface area contributed by atoms with E-state index in [-0.39, 0.29) is 12.1 Å². The van der Waals surface area contributed by atoms with Crippen LogP contribution in [0.4, 0.5) is 4.79 Å². The van der Waals surface area contributed by atoms with Gasteiger partial charge in [0.1, 0.15) is 12.4 Å². The van der Waals surface area contributed by atoms with Crippen LogP contribution in [0.1, 0.15) is 29.8 Å². The molecule has 1 atom stereocenters. The minimum atomic E-state index is -0.246.